The highest BCUT2D eigenvalue weighted by Gasteiger charge is 2.33. The first kappa shape index (κ1) is 24.8. The van der Waals surface area contributed by atoms with Crippen molar-refractivity contribution in [3.8, 4) is 11.5 Å². The van der Waals surface area contributed by atoms with E-state index in [0.717, 1.165) is 16.1 Å². The van der Waals surface area contributed by atoms with Gasteiger partial charge in [-0.05, 0) is 60.4 Å². The van der Waals surface area contributed by atoms with Crippen LogP contribution in [0.2, 0.25) is 0 Å². The van der Waals surface area contributed by atoms with Crippen LogP contribution in [-0.4, -0.2) is 36.1 Å². The molecule has 178 valence electrons. The Kier molecular flexibility index (Phi) is 8.12. The molecule has 9 heteroatoms. The lowest BCUT2D eigenvalue weighted by Crippen LogP contribution is -2.27. The summed E-state index contributed by atoms with van der Waals surface area (Å²) in [5.74, 6) is 0.672. The molecule has 1 N–H and O–H groups in total. The summed E-state index contributed by atoms with van der Waals surface area (Å²) in [6, 6.07) is 22.1. The molecule has 0 saturated carbocycles. The first-order chi connectivity index (χ1) is 17.0. The predicted octanol–water partition coefficient (Wildman–Crippen LogP) is 5.84. The molecule has 4 rings (SSSR count). The van der Waals surface area contributed by atoms with Gasteiger partial charge in [-0.2, -0.15) is 0 Å². The second-order valence-corrected chi connectivity index (χ2v) is 9.88. The summed E-state index contributed by atoms with van der Waals surface area (Å²) < 4.78 is 11.3. The molecular weight excluding hydrogens is 500 g/mol. The summed E-state index contributed by atoms with van der Waals surface area (Å²) in [5.41, 5.74) is 2.17. The van der Waals surface area contributed by atoms with Gasteiger partial charge >= 0.3 is 0 Å². The molecular formula is C26H22N2O4S3. The molecule has 35 heavy (non-hydrogen) atoms. The minimum atomic E-state index is -0.298. The fraction of sp³-hybridized carbons (Fsp3) is 0.115. The number of hydrogen-bond donors (Lipinski definition) is 1. The van der Waals surface area contributed by atoms with Crippen LogP contribution in [0.1, 0.15) is 5.56 Å². The normalized spacial score (nSPS) is 14.3. The number of rotatable bonds is 8. The van der Waals surface area contributed by atoms with Crippen molar-refractivity contribution >= 4 is 69.3 Å². The van der Waals surface area contributed by atoms with Gasteiger partial charge in [-0.3, -0.25) is 14.5 Å². The second kappa shape index (κ2) is 11.4. The third-order valence-electron chi connectivity index (χ3n) is 5.03. The maximum atomic E-state index is 13.0. The van der Waals surface area contributed by atoms with Gasteiger partial charge in [-0.1, -0.05) is 54.3 Å². The van der Waals surface area contributed by atoms with Crippen LogP contribution in [0.4, 0.5) is 11.4 Å². The van der Waals surface area contributed by atoms with Gasteiger partial charge in [0, 0.05) is 4.90 Å². The van der Waals surface area contributed by atoms with Gasteiger partial charge in [0.15, 0.2) is 10.9 Å². The molecule has 1 heterocycles. The molecule has 0 spiro atoms. The van der Waals surface area contributed by atoms with Crippen LogP contribution >= 0.6 is 35.7 Å². The summed E-state index contributed by atoms with van der Waals surface area (Å²) in [4.78, 5) is 28.4. The van der Waals surface area contributed by atoms with Gasteiger partial charge < -0.3 is 14.8 Å². The van der Waals surface area contributed by atoms with E-state index >= 15 is 0 Å². The Morgan fingerprint density at radius 1 is 1.11 bits per heavy atom. The third-order valence-corrected chi connectivity index (χ3v) is 7.06. The fourth-order valence-electron chi connectivity index (χ4n) is 3.33. The van der Waals surface area contributed by atoms with Crippen LogP contribution in [0.5, 0.6) is 11.5 Å². The van der Waals surface area contributed by atoms with Gasteiger partial charge in [0.2, 0.25) is 0 Å². The number of anilines is 2. The van der Waals surface area contributed by atoms with Gasteiger partial charge in [0.1, 0.15) is 11.5 Å². The Hall–Kier alpha value is -3.27. The molecule has 3 aromatic rings. The second-order valence-electron chi connectivity index (χ2n) is 7.32. The molecule has 6 nitrogen and oxygen atoms in total. The highest BCUT2D eigenvalue weighted by atomic mass is 32.2. The quantitative estimate of drug-likeness (QED) is 0.226. The van der Waals surface area contributed by atoms with Crippen LogP contribution in [0, 0.1) is 0 Å². The lowest BCUT2D eigenvalue weighted by Gasteiger charge is -2.15. The number of carbonyl (C=O) groups excluding carboxylic acids is 2. The van der Waals surface area contributed by atoms with E-state index in [1.807, 2.05) is 54.8 Å². The number of hydrogen-bond acceptors (Lipinski definition) is 7. The Morgan fingerprint density at radius 3 is 2.63 bits per heavy atom. The lowest BCUT2D eigenvalue weighted by atomic mass is 10.2. The molecule has 1 aliphatic heterocycles. The number of amides is 2. The molecule has 0 radical (unpaired) electrons. The highest BCUT2D eigenvalue weighted by molar-refractivity contribution is 8.27. The highest BCUT2D eigenvalue weighted by Crippen LogP contribution is 2.37. The monoisotopic (exact) mass is 522 g/mol. The molecule has 0 unspecified atom stereocenters. The van der Waals surface area contributed by atoms with Gasteiger partial charge in [-0.25, -0.2) is 0 Å². The minimum Gasteiger partial charge on any atom is -0.495 e. The van der Waals surface area contributed by atoms with Gasteiger partial charge in [0.05, 0.1) is 23.4 Å². The van der Waals surface area contributed by atoms with Crippen molar-refractivity contribution in [2.24, 2.45) is 0 Å². The van der Waals surface area contributed by atoms with E-state index in [1.54, 1.807) is 54.1 Å². The van der Waals surface area contributed by atoms with Crippen molar-refractivity contribution in [3.05, 3.63) is 83.3 Å². The maximum Gasteiger partial charge on any atom is 0.270 e. The van der Waals surface area contributed by atoms with Crippen LogP contribution in [0.25, 0.3) is 6.08 Å². The fourth-order valence-corrected chi connectivity index (χ4v) is 5.09. The van der Waals surface area contributed by atoms with E-state index in [2.05, 4.69) is 5.32 Å². The average Bonchev–Trinajstić information content (AvgIpc) is 3.16. The summed E-state index contributed by atoms with van der Waals surface area (Å²) in [5, 5.41) is 2.77. The molecule has 3 aromatic carbocycles. The number of thiocarbonyl (C=S) groups is 1. The summed E-state index contributed by atoms with van der Waals surface area (Å²) >= 11 is 8.36. The lowest BCUT2D eigenvalue weighted by molar-refractivity contribution is -0.118. The zero-order valence-corrected chi connectivity index (χ0v) is 21.5. The third kappa shape index (κ3) is 6.05. The molecule has 0 atom stereocenters. The van der Waals surface area contributed by atoms with E-state index in [4.69, 9.17) is 21.7 Å². The van der Waals surface area contributed by atoms with E-state index in [0.29, 0.717) is 26.4 Å². The number of nitrogens with one attached hydrogen (secondary N) is 1. The standard InChI is InChI=1S/C26H22N2O4S3/c1-31-22-9-4-3-8-21(22)27-24(29)16-32-19-12-10-17(11-13-19)14-23-25(30)28(26(33)35-23)18-6-5-7-20(15-18)34-2/h3-15H,16H2,1-2H3,(H,27,29)/b23-14-. The number of benzene rings is 3. The summed E-state index contributed by atoms with van der Waals surface area (Å²) in [7, 11) is 1.55. The van der Waals surface area contributed by atoms with Crippen molar-refractivity contribution in [2.45, 2.75) is 4.90 Å². The van der Waals surface area contributed by atoms with Gasteiger partial charge in [-0.15, -0.1) is 11.8 Å². The van der Waals surface area contributed by atoms with E-state index in [9.17, 15) is 9.59 Å². The predicted molar refractivity (Wildman–Crippen MR) is 147 cm³/mol. The van der Waals surface area contributed by atoms with Crippen molar-refractivity contribution in [2.75, 3.05) is 30.2 Å². The number of para-hydroxylation sites is 2. The Balaban J connectivity index is 1.38. The van der Waals surface area contributed by atoms with E-state index in [-0.39, 0.29) is 18.4 Å². The molecule has 0 aromatic heterocycles. The Morgan fingerprint density at radius 2 is 1.89 bits per heavy atom. The van der Waals surface area contributed by atoms with Crippen LogP contribution < -0.4 is 19.7 Å². The van der Waals surface area contributed by atoms with Crippen LogP contribution in [-0.2, 0) is 9.59 Å². The zero-order valence-electron chi connectivity index (χ0n) is 19.0. The Bertz CT molecular complexity index is 1290. The van der Waals surface area contributed by atoms with Gasteiger partial charge in [0.25, 0.3) is 11.8 Å². The number of nitrogens with zero attached hydrogens (tertiary/aromatic N) is 1. The summed E-state index contributed by atoms with van der Waals surface area (Å²) in [6.07, 6.45) is 3.79. The molecule has 1 fully saturated rings. The molecule has 1 aliphatic rings. The van der Waals surface area contributed by atoms with Crippen LogP contribution in [0.15, 0.2) is 82.6 Å². The van der Waals surface area contributed by atoms with Crippen molar-refractivity contribution in [1.29, 1.82) is 0 Å². The topological polar surface area (TPSA) is 67.9 Å². The van der Waals surface area contributed by atoms with Crippen molar-refractivity contribution < 1.29 is 19.1 Å². The van der Waals surface area contributed by atoms with E-state index in [1.165, 1.54) is 11.8 Å². The number of ether oxygens (including phenoxy) is 2. The first-order valence-electron chi connectivity index (χ1n) is 10.6. The maximum absolute atomic E-state index is 13.0. The van der Waals surface area contributed by atoms with E-state index < -0.39 is 0 Å². The number of methoxy groups -OCH3 is 1. The molecule has 1 saturated heterocycles. The van der Waals surface area contributed by atoms with Crippen LogP contribution in [0.3, 0.4) is 0 Å². The largest absolute Gasteiger partial charge is 0.495 e. The Labute approximate surface area is 217 Å². The first-order valence-corrected chi connectivity index (χ1v) is 13.0. The van der Waals surface area contributed by atoms with Crippen molar-refractivity contribution in [3.63, 3.8) is 0 Å². The summed E-state index contributed by atoms with van der Waals surface area (Å²) in [6.45, 7) is -0.148. The smallest absolute Gasteiger partial charge is 0.270 e. The SMILES string of the molecule is COc1ccccc1NC(=O)COc1ccc(/C=C2\SC(=S)N(c3cccc(SC)c3)C2=O)cc1. The van der Waals surface area contributed by atoms with Crippen molar-refractivity contribution in [1.82, 2.24) is 0 Å². The number of carbonyl (C=O) groups is 2. The average molecular weight is 523 g/mol. The number of thioether (sulfide) groups is 2. The zero-order chi connectivity index (χ0) is 24.8. The molecule has 2 amide bonds. The minimum absolute atomic E-state index is 0.147. The molecule has 0 aliphatic carbocycles. The molecule has 0 bridgehead atoms.